The normalized spacial score (nSPS) is 11.4. The second-order valence-corrected chi connectivity index (χ2v) is 6.04. The monoisotopic (exact) mass is 270 g/mol. The molecule has 20 heavy (non-hydrogen) atoms. The van der Waals surface area contributed by atoms with Crippen molar-refractivity contribution in [1.82, 2.24) is 4.98 Å². The number of nitrogens with zero attached hydrogens (tertiary/aromatic N) is 1. The fourth-order valence-corrected chi connectivity index (χ4v) is 2.10. The van der Waals surface area contributed by atoms with E-state index in [0.29, 0.717) is 6.54 Å². The van der Waals surface area contributed by atoms with Crippen molar-refractivity contribution >= 4 is 0 Å². The van der Waals surface area contributed by atoms with E-state index in [1.54, 1.807) is 12.4 Å². The van der Waals surface area contributed by atoms with Crippen LogP contribution in [0.3, 0.4) is 0 Å². The summed E-state index contributed by atoms with van der Waals surface area (Å²) >= 11 is 0. The first kappa shape index (κ1) is 14.5. The Bertz CT molecular complexity index is 600. The Kier molecular flexibility index (Phi) is 4.09. The zero-order valence-electron chi connectivity index (χ0n) is 12.6. The van der Waals surface area contributed by atoms with Crippen LogP contribution in [0.4, 0.5) is 0 Å². The Morgan fingerprint density at radius 3 is 2.55 bits per heavy atom. The van der Waals surface area contributed by atoms with E-state index in [2.05, 4.69) is 44.8 Å². The topological polar surface area (TPSA) is 48.1 Å². The van der Waals surface area contributed by atoms with Gasteiger partial charge < -0.3 is 10.5 Å². The van der Waals surface area contributed by atoms with Crippen molar-refractivity contribution in [2.45, 2.75) is 39.7 Å². The van der Waals surface area contributed by atoms with Crippen LogP contribution in [0.1, 0.15) is 37.5 Å². The summed E-state index contributed by atoms with van der Waals surface area (Å²) in [6.07, 6.45) is 3.47. The highest BCUT2D eigenvalue weighted by Gasteiger charge is 2.20. The number of hydrogen-bond acceptors (Lipinski definition) is 3. The van der Waals surface area contributed by atoms with E-state index < -0.39 is 0 Å². The van der Waals surface area contributed by atoms with Gasteiger partial charge in [-0.3, -0.25) is 4.98 Å². The van der Waals surface area contributed by atoms with Crippen LogP contribution in [0.5, 0.6) is 11.5 Å². The zero-order valence-corrected chi connectivity index (χ0v) is 12.6. The summed E-state index contributed by atoms with van der Waals surface area (Å²) in [5.74, 6) is 1.65. The smallest absolute Gasteiger partial charge is 0.135 e. The van der Waals surface area contributed by atoms with Crippen molar-refractivity contribution in [3.63, 3.8) is 0 Å². The molecule has 2 N–H and O–H groups in total. The van der Waals surface area contributed by atoms with Crippen LogP contribution in [-0.4, -0.2) is 4.98 Å². The number of aryl methyl sites for hydroxylation is 1. The third-order valence-electron chi connectivity index (χ3n) is 3.24. The third kappa shape index (κ3) is 3.17. The van der Waals surface area contributed by atoms with E-state index in [1.807, 2.05) is 12.1 Å². The average Bonchev–Trinajstić information content (AvgIpc) is 2.40. The molecule has 0 aliphatic rings. The molecule has 0 aliphatic carbocycles. The van der Waals surface area contributed by atoms with Crippen LogP contribution in [-0.2, 0) is 12.0 Å². The molecule has 0 saturated heterocycles. The summed E-state index contributed by atoms with van der Waals surface area (Å²) < 4.78 is 6.09. The van der Waals surface area contributed by atoms with E-state index in [4.69, 9.17) is 10.5 Å². The SMILES string of the molecule is Cc1ccc(Oc2ccncc2CN)c(C(C)(C)C)c1. The molecule has 1 aromatic heterocycles. The van der Waals surface area contributed by atoms with Gasteiger partial charge in [0.25, 0.3) is 0 Å². The summed E-state index contributed by atoms with van der Waals surface area (Å²) in [7, 11) is 0. The number of aromatic nitrogens is 1. The predicted molar refractivity (Wildman–Crippen MR) is 82.1 cm³/mol. The van der Waals surface area contributed by atoms with Crippen LogP contribution in [0.2, 0.25) is 0 Å². The molecule has 0 saturated carbocycles. The molecule has 0 radical (unpaired) electrons. The molecule has 0 amide bonds. The molecule has 0 atom stereocenters. The quantitative estimate of drug-likeness (QED) is 0.919. The maximum absolute atomic E-state index is 6.09. The Morgan fingerprint density at radius 1 is 1.15 bits per heavy atom. The highest BCUT2D eigenvalue weighted by atomic mass is 16.5. The molecule has 0 spiro atoms. The highest BCUT2D eigenvalue weighted by molar-refractivity contribution is 5.45. The summed E-state index contributed by atoms with van der Waals surface area (Å²) in [4.78, 5) is 4.08. The second kappa shape index (κ2) is 5.63. The van der Waals surface area contributed by atoms with Gasteiger partial charge in [-0.25, -0.2) is 0 Å². The molecule has 2 aromatic rings. The van der Waals surface area contributed by atoms with Crippen LogP contribution < -0.4 is 10.5 Å². The Morgan fingerprint density at radius 2 is 1.90 bits per heavy atom. The maximum atomic E-state index is 6.09. The third-order valence-corrected chi connectivity index (χ3v) is 3.24. The fraction of sp³-hybridized carbons (Fsp3) is 0.353. The van der Waals surface area contributed by atoms with Gasteiger partial charge in [0.2, 0.25) is 0 Å². The van der Waals surface area contributed by atoms with E-state index in [-0.39, 0.29) is 5.41 Å². The van der Waals surface area contributed by atoms with Crippen molar-refractivity contribution in [1.29, 1.82) is 0 Å². The van der Waals surface area contributed by atoms with E-state index >= 15 is 0 Å². The standard InChI is InChI=1S/C17H22N2O/c1-12-5-6-16(14(9-12)17(2,3)4)20-15-7-8-19-11-13(15)10-18/h5-9,11H,10,18H2,1-4H3. The average molecular weight is 270 g/mol. The number of rotatable bonds is 3. The van der Waals surface area contributed by atoms with Gasteiger partial charge in [-0.05, 0) is 24.5 Å². The van der Waals surface area contributed by atoms with Gasteiger partial charge in [-0.2, -0.15) is 0 Å². The lowest BCUT2D eigenvalue weighted by Gasteiger charge is -2.23. The summed E-state index contributed by atoms with van der Waals surface area (Å²) in [5.41, 5.74) is 9.09. The number of benzene rings is 1. The van der Waals surface area contributed by atoms with Crippen molar-refractivity contribution in [3.8, 4) is 11.5 Å². The van der Waals surface area contributed by atoms with Gasteiger partial charge in [0.15, 0.2) is 0 Å². The summed E-state index contributed by atoms with van der Waals surface area (Å²) in [6.45, 7) is 9.07. The maximum Gasteiger partial charge on any atom is 0.135 e. The molecule has 0 bridgehead atoms. The van der Waals surface area contributed by atoms with Crippen LogP contribution >= 0.6 is 0 Å². The van der Waals surface area contributed by atoms with E-state index in [1.165, 1.54) is 11.1 Å². The van der Waals surface area contributed by atoms with Gasteiger partial charge in [0.05, 0.1) is 0 Å². The van der Waals surface area contributed by atoms with Crippen LogP contribution in [0.25, 0.3) is 0 Å². The second-order valence-electron chi connectivity index (χ2n) is 6.04. The Labute approximate surface area is 120 Å². The molecule has 3 nitrogen and oxygen atoms in total. The predicted octanol–water partition coefficient (Wildman–Crippen LogP) is 3.94. The zero-order chi connectivity index (χ0) is 14.8. The van der Waals surface area contributed by atoms with Gasteiger partial charge >= 0.3 is 0 Å². The molecule has 2 rings (SSSR count). The highest BCUT2D eigenvalue weighted by Crippen LogP contribution is 2.35. The lowest BCUT2D eigenvalue weighted by molar-refractivity contribution is 0.449. The van der Waals surface area contributed by atoms with Gasteiger partial charge in [0, 0.05) is 30.1 Å². The Hall–Kier alpha value is -1.87. The molecule has 3 heteroatoms. The molecular formula is C17H22N2O. The summed E-state index contributed by atoms with van der Waals surface area (Å²) in [5, 5.41) is 0. The molecule has 1 aromatic carbocycles. The van der Waals surface area contributed by atoms with Crippen molar-refractivity contribution < 1.29 is 4.74 Å². The van der Waals surface area contributed by atoms with E-state index in [9.17, 15) is 0 Å². The minimum Gasteiger partial charge on any atom is -0.457 e. The van der Waals surface area contributed by atoms with Gasteiger partial charge in [-0.1, -0.05) is 38.5 Å². The lowest BCUT2D eigenvalue weighted by atomic mass is 9.85. The van der Waals surface area contributed by atoms with Crippen molar-refractivity contribution in [2.75, 3.05) is 0 Å². The first-order valence-corrected chi connectivity index (χ1v) is 6.84. The molecule has 1 heterocycles. The van der Waals surface area contributed by atoms with Crippen LogP contribution in [0.15, 0.2) is 36.7 Å². The lowest BCUT2D eigenvalue weighted by Crippen LogP contribution is -2.13. The Balaban J connectivity index is 2.44. The first-order valence-electron chi connectivity index (χ1n) is 6.84. The first-order chi connectivity index (χ1) is 9.41. The van der Waals surface area contributed by atoms with E-state index in [0.717, 1.165) is 17.1 Å². The van der Waals surface area contributed by atoms with Crippen molar-refractivity contribution in [3.05, 3.63) is 53.3 Å². The minimum absolute atomic E-state index is 0.0251. The minimum atomic E-state index is 0.0251. The molecule has 0 fully saturated rings. The number of pyridine rings is 1. The molecule has 0 aliphatic heterocycles. The van der Waals surface area contributed by atoms with Crippen molar-refractivity contribution in [2.24, 2.45) is 5.73 Å². The molecule has 0 unspecified atom stereocenters. The number of nitrogens with two attached hydrogens (primary N) is 1. The molecule has 106 valence electrons. The number of ether oxygens (including phenoxy) is 1. The summed E-state index contributed by atoms with van der Waals surface area (Å²) in [6, 6.07) is 8.12. The van der Waals surface area contributed by atoms with Crippen LogP contribution in [0, 0.1) is 6.92 Å². The van der Waals surface area contributed by atoms with Gasteiger partial charge in [-0.15, -0.1) is 0 Å². The van der Waals surface area contributed by atoms with Gasteiger partial charge in [0.1, 0.15) is 11.5 Å². The number of hydrogen-bond donors (Lipinski definition) is 1. The fourth-order valence-electron chi connectivity index (χ4n) is 2.10. The molecular weight excluding hydrogens is 248 g/mol. The largest absolute Gasteiger partial charge is 0.457 e.